The number of nitrogens with two attached hydrogens (primary N) is 1. The number of aromatic nitrogens is 1. The third-order valence-corrected chi connectivity index (χ3v) is 4.73. The Balaban J connectivity index is 1.94. The standard InChI is InChI=1S/C14H23N3OS/c1-14(2,3)13-16-11(9-19-13)8-12(18)17-6-4-10(15)5-7-17/h9-10H,4-8,15H2,1-3H3. The van der Waals surface area contributed by atoms with E-state index in [4.69, 9.17) is 5.73 Å². The SMILES string of the molecule is CC(C)(C)c1nc(CC(=O)N2CCC(N)CC2)cs1. The number of nitrogens with zero attached hydrogens (tertiary/aromatic N) is 2. The molecule has 0 aromatic carbocycles. The molecule has 1 aromatic heterocycles. The molecule has 1 aromatic rings. The van der Waals surface area contributed by atoms with Crippen molar-refractivity contribution in [1.82, 2.24) is 9.88 Å². The van der Waals surface area contributed by atoms with Crippen molar-refractivity contribution in [2.24, 2.45) is 5.73 Å². The fourth-order valence-electron chi connectivity index (χ4n) is 2.15. The minimum Gasteiger partial charge on any atom is -0.342 e. The highest BCUT2D eigenvalue weighted by Gasteiger charge is 2.23. The molecule has 19 heavy (non-hydrogen) atoms. The van der Waals surface area contributed by atoms with E-state index in [2.05, 4.69) is 25.8 Å². The molecule has 0 bridgehead atoms. The minimum absolute atomic E-state index is 0.0594. The van der Waals surface area contributed by atoms with E-state index in [0.29, 0.717) is 6.42 Å². The first-order valence-electron chi connectivity index (χ1n) is 6.84. The van der Waals surface area contributed by atoms with Gasteiger partial charge in [0.2, 0.25) is 5.91 Å². The summed E-state index contributed by atoms with van der Waals surface area (Å²) in [4.78, 5) is 18.7. The van der Waals surface area contributed by atoms with Gasteiger partial charge in [-0.1, -0.05) is 20.8 Å². The third kappa shape index (κ3) is 3.76. The summed E-state index contributed by atoms with van der Waals surface area (Å²) in [7, 11) is 0. The topological polar surface area (TPSA) is 59.2 Å². The predicted molar refractivity (Wildman–Crippen MR) is 78.3 cm³/mol. The van der Waals surface area contributed by atoms with Gasteiger partial charge in [-0.15, -0.1) is 11.3 Å². The second-order valence-electron chi connectivity index (χ2n) is 6.29. The number of thiazole rings is 1. The Bertz CT molecular complexity index is 442. The number of piperidine rings is 1. The molecular formula is C14H23N3OS. The van der Waals surface area contributed by atoms with Gasteiger partial charge in [0.05, 0.1) is 17.1 Å². The van der Waals surface area contributed by atoms with Gasteiger partial charge < -0.3 is 10.6 Å². The molecule has 1 aliphatic rings. The third-order valence-electron chi connectivity index (χ3n) is 3.42. The Kier molecular flexibility index (Phi) is 4.26. The summed E-state index contributed by atoms with van der Waals surface area (Å²) in [6.45, 7) is 8.00. The molecule has 2 heterocycles. The van der Waals surface area contributed by atoms with Crippen molar-refractivity contribution in [2.45, 2.75) is 51.5 Å². The molecule has 0 unspecified atom stereocenters. The number of rotatable bonds is 2. The predicted octanol–water partition coefficient (Wildman–Crippen LogP) is 1.93. The Hall–Kier alpha value is -0.940. The summed E-state index contributed by atoms with van der Waals surface area (Å²) >= 11 is 1.64. The molecule has 0 saturated carbocycles. The van der Waals surface area contributed by atoms with E-state index in [0.717, 1.165) is 36.6 Å². The van der Waals surface area contributed by atoms with Crippen LogP contribution in [-0.2, 0) is 16.6 Å². The first-order valence-corrected chi connectivity index (χ1v) is 7.72. The summed E-state index contributed by atoms with van der Waals surface area (Å²) in [6, 6.07) is 0.260. The Labute approximate surface area is 119 Å². The average Bonchev–Trinajstić information content (AvgIpc) is 2.78. The smallest absolute Gasteiger partial charge is 0.228 e. The number of likely N-dealkylation sites (tertiary alicyclic amines) is 1. The van der Waals surface area contributed by atoms with E-state index in [1.54, 1.807) is 11.3 Å². The molecule has 0 spiro atoms. The van der Waals surface area contributed by atoms with Gasteiger partial charge in [-0.2, -0.15) is 0 Å². The first kappa shape index (κ1) is 14.5. The van der Waals surface area contributed by atoms with Crippen molar-refractivity contribution in [2.75, 3.05) is 13.1 Å². The van der Waals surface area contributed by atoms with Crippen LogP contribution in [0.15, 0.2) is 5.38 Å². The van der Waals surface area contributed by atoms with Crippen LogP contribution in [0.5, 0.6) is 0 Å². The number of carbonyl (C=O) groups excluding carboxylic acids is 1. The Morgan fingerprint density at radius 2 is 2.11 bits per heavy atom. The monoisotopic (exact) mass is 281 g/mol. The minimum atomic E-state index is 0.0594. The lowest BCUT2D eigenvalue weighted by molar-refractivity contribution is -0.131. The van der Waals surface area contributed by atoms with Gasteiger partial charge in [0.15, 0.2) is 0 Å². The molecule has 0 aliphatic carbocycles. The van der Waals surface area contributed by atoms with Gasteiger partial charge in [-0.3, -0.25) is 4.79 Å². The van der Waals surface area contributed by atoms with Crippen molar-refractivity contribution in [3.05, 3.63) is 16.1 Å². The first-order chi connectivity index (χ1) is 8.86. The molecule has 0 radical (unpaired) electrons. The summed E-state index contributed by atoms with van der Waals surface area (Å²) in [5.41, 5.74) is 6.81. The van der Waals surface area contributed by atoms with Crippen LogP contribution < -0.4 is 5.73 Å². The quantitative estimate of drug-likeness (QED) is 0.901. The second kappa shape index (κ2) is 5.59. The zero-order chi connectivity index (χ0) is 14.0. The van der Waals surface area contributed by atoms with Gasteiger partial charge in [0.25, 0.3) is 0 Å². The second-order valence-corrected chi connectivity index (χ2v) is 7.15. The highest BCUT2D eigenvalue weighted by molar-refractivity contribution is 7.09. The molecule has 106 valence electrons. The molecule has 2 rings (SSSR count). The molecule has 1 fully saturated rings. The summed E-state index contributed by atoms with van der Waals surface area (Å²) in [5, 5.41) is 3.10. The highest BCUT2D eigenvalue weighted by atomic mass is 32.1. The average molecular weight is 281 g/mol. The van der Waals surface area contributed by atoms with Crippen LogP contribution in [-0.4, -0.2) is 34.9 Å². The normalized spacial score (nSPS) is 17.8. The van der Waals surface area contributed by atoms with E-state index >= 15 is 0 Å². The van der Waals surface area contributed by atoms with Crippen LogP contribution >= 0.6 is 11.3 Å². The molecule has 1 amide bonds. The van der Waals surface area contributed by atoms with Crippen molar-refractivity contribution in [1.29, 1.82) is 0 Å². The van der Waals surface area contributed by atoms with Gasteiger partial charge in [-0.25, -0.2) is 4.98 Å². The molecule has 1 aliphatic heterocycles. The van der Waals surface area contributed by atoms with Crippen molar-refractivity contribution < 1.29 is 4.79 Å². The molecule has 4 nitrogen and oxygen atoms in total. The van der Waals surface area contributed by atoms with Crippen LogP contribution in [0.2, 0.25) is 0 Å². The van der Waals surface area contributed by atoms with Crippen LogP contribution in [0.25, 0.3) is 0 Å². The van der Waals surface area contributed by atoms with E-state index in [-0.39, 0.29) is 17.4 Å². The van der Waals surface area contributed by atoms with E-state index in [1.807, 2.05) is 10.3 Å². The lowest BCUT2D eigenvalue weighted by Gasteiger charge is -2.30. The summed E-state index contributed by atoms with van der Waals surface area (Å²) in [5.74, 6) is 0.178. The Morgan fingerprint density at radius 3 is 2.63 bits per heavy atom. The molecule has 2 N–H and O–H groups in total. The maximum Gasteiger partial charge on any atom is 0.228 e. The van der Waals surface area contributed by atoms with Crippen LogP contribution in [0.1, 0.15) is 44.3 Å². The van der Waals surface area contributed by atoms with Crippen LogP contribution in [0, 0.1) is 0 Å². The van der Waals surface area contributed by atoms with Gasteiger partial charge >= 0.3 is 0 Å². The Morgan fingerprint density at radius 1 is 1.47 bits per heavy atom. The van der Waals surface area contributed by atoms with Crippen molar-refractivity contribution in [3.8, 4) is 0 Å². The number of hydrogen-bond donors (Lipinski definition) is 1. The van der Waals surface area contributed by atoms with Gasteiger partial charge in [0.1, 0.15) is 0 Å². The molecule has 1 saturated heterocycles. The van der Waals surface area contributed by atoms with Crippen molar-refractivity contribution >= 4 is 17.2 Å². The zero-order valence-electron chi connectivity index (χ0n) is 12.0. The summed E-state index contributed by atoms with van der Waals surface area (Å²) in [6.07, 6.45) is 2.24. The maximum atomic E-state index is 12.2. The number of carbonyl (C=O) groups is 1. The molecule has 5 heteroatoms. The van der Waals surface area contributed by atoms with Crippen molar-refractivity contribution in [3.63, 3.8) is 0 Å². The van der Waals surface area contributed by atoms with Gasteiger partial charge in [-0.05, 0) is 12.8 Å². The maximum absolute atomic E-state index is 12.2. The lowest BCUT2D eigenvalue weighted by Crippen LogP contribution is -2.43. The van der Waals surface area contributed by atoms with Gasteiger partial charge in [0, 0.05) is 29.9 Å². The largest absolute Gasteiger partial charge is 0.342 e. The van der Waals surface area contributed by atoms with Crippen LogP contribution in [0.4, 0.5) is 0 Å². The van der Waals surface area contributed by atoms with E-state index in [9.17, 15) is 4.79 Å². The van der Waals surface area contributed by atoms with Crippen LogP contribution in [0.3, 0.4) is 0 Å². The fourth-order valence-corrected chi connectivity index (χ4v) is 3.06. The lowest BCUT2D eigenvalue weighted by atomic mass is 9.98. The molecule has 0 atom stereocenters. The van der Waals surface area contributed by atoms with E-state index in [1.165, 1.54) is 0 Å². The zero-order valence-corrected chi connectivity index (χ0v) is 12.8. The van der Waals surface area contributed by atoms with E-state index < -0.39 is 0 Å². The summed E-state index contributed by atoms with van der Waals surface area (Å²) < 4.78 is 0. The fraction of sp³-hybridized carbons (Fsp3) is 0.714. The number of hydrogen-bond acceptors (Lipinski definition) is 4. The highest BCUT2D eigenvalue weighted by Crippen LogP contribution is 2.25. The molecular weight excluding hydrogens is 258 g/mol. The number of amides is 1.